The standard InChI is InChI=1S/C17H24N2/c1-12-9-13(2)15(4)16(14(12)3)19(5)11-17(10-18)7-6-8-17/h9H,6-8,11H2,1-5H3. The summed E-state index contributed by atoms with van der Waals surface area (Å²) >= 11 is 0. The van der Waals surface area contributed by atoms with Crippen molar-refractivity contribution >= 4 is 5.69 Å². The van der Waals surface area contributed by atoms with Crippen LogP contribution in [0.1, 0.15) is 41.5 Å². The summed E-state index contributed by atoms with van der Waals surface area (Å²) in [7, 11) is 2.13. The van der Waals surface area contributed by atoms with Gasteiger partial charge in [-0.1, -0.05) is 12.5 Å². The van der Waals surface area contributed by atoms with Crippen molar-refractivity contribution in [2.45, 2.75) is 47.0 Å². The Morgan fingerprint density at radius 1 is 1.16 bits per heavy atom. The van der Waals surface area contributed by atoms with Crippen molar-refractivity contribution in [3.63, 3.8) is 0 Å². The largest absolute Gasteiger partial charge is 0.373 e. The number of anilines is 1. The van der Waals surface area contributed by atoms with Crippen LogP contribution in [-0.4, -0.2) is 13.6 Å². The summed E-state index contributed by atoms with van der Waals surface area (Å²) in [5.74, 6) is 0. The van der Waals surface area contributed by atoms with Gasteiger partial charge in [0.15, 0.2) is 0 Å². The minimum Gasteiger partial charge on any atom is -0.373 e. The summed E-state index contributed by atoms with van der Waals surface area (Å²) in [5, 5.41) is 9.40. The second kappa shape index (κ2) is 4.89. The Bertz CT molecular complexity index is 507. The van der Waals surface area contributed by atoms with Crippen LogP contribution in [0.25, 0.3) is 0 Å². The van der Waals surface area contributed by atoms with E-state index in [1.807, 2.05) is 0 Å². The Kier molecular flexibility index (Phi) is 3.58. The molecule has 1 aromatic carbocycles. The molecule has 1 aromatic rings. The van der Waals surface area contributed by atoms with Gasteiger partial charge in [0.25, 0.3) is 0 Å². The minimum atomic E-state index is -0.106. The van der Waals surface area contributed by atoms with Crippen LogP contribution in [0.3, 0.4) is 0 Å². The molecule has 0 N–H and O–H groups in total. The van der Waals surface area contributed by atoms with E-state index in [2.05, 4.69) is 51.8 Å². The van der Waals surface area contributed by atoms with Gasteiger partial charge in [0, 0.05) is 19.3 Å². The Balaban J connectivity index is 2.34. The lowest BCUT2D eigenvalue weighted by Gasteiger charge is -2.40. The molecule has 1 aliphatic carbocycles. The van der Waals surface area contributed by atoms with E-state index in [0.29, 0.717) is 0 Å². The number of aryl methyl sites for hydroxylation is 2. The molecule has 0 aromatic heterocycles. The Morgan fingerprint density at radius 3 is 2.05 bits per heavy atom. The van der Waals surface area contributed by atoms with E-state index in [1.165, 1.54) is 34.4 Å². The van der Waals surface area contributed by atoms with Gasteiger partial charge in [-0.05, 0) is 62.8 Å². The first-order valence-electron chi connectivity index (χ1n) is 7.10. The lowest BCUT2D eigenvalue weighted by atomic mass is 9.69. The fourth-order valence-electron chi connectivity index (χ4n) is 3.21. The summed E-state index contributed by atoms with van der Waals surface area (Å²) in [6, 6.07) is 4.80. The van der Waals surface area contributed by atoms with E-state index in [-0.39, 0.29) is 5.41 Å². The zero-order valence-electron chi connectivity index (χ0n) is 12.8. The number of benzene rings is 1. The van der Waals surface area contributed by atoms with Gasteiger partial charge < -0.3 is 4.90 Å². The van der Waals surface area contributed by atoms with Crippen LogP contribution in [0, 0.1) is 44.4 Å². The van der Waals surface area contributed by atoms with Gasteiger partial charge >= 0.3 is 0 Å². The van der Waals surface area contributed by atoms with Crippen LogP contribution in [0.15, 0.2) is 6.07 Å². The summed E-state index contributed by atoms with van der Waals surface area (Å²) in [5.41, 5.74) is 6.58. The maximum absolute atomic E-state index is 9.40. The predicted molar refractivity (Wildman–Crippen MR) is 80.6 cm³/mol. The fraction of sp³-hybridized carbons (Fsp3) is 0.588. The number of nitriles is 1. The zero-order valence-corrected chi connectivity index (χ0v) is 12.8. The van der Waals surface area contributed by atoms with Gasteiger partial charge in [-0.2, -0.15) is 5.26 Å². The molecular weight excluding hydrogens is 232 g/mol. The Hall–Kier alpha value is -1.49. The van der Waals surface area contributed by atoms with E-state index in [0.717, 1.165) is 19.4 Å². The molecule has 0 heterocycles. The number of rotatable bonds is 3. The molecule has 1 fully saturated rings. The molecule has 2 nitrogen and oxygen atoms in total. The number of nitrogens with zero attached hydrogens (tertiary/aromatic N) is 2. The number of hydrogen-bond donors (Lipinski definition) is 0. The predicted octanol–water partition coefficient (Wildman–Crippen LogP) is 4.05. The molecule has 19 heavy (non-hydrogen) atoms. The Morgan fingerprint density at radius 2 is 1.68 bits per heavy atom. The first-order chi connectivity index (χ1) is 8.90. The maximum Gasteiger partial charge on any atom is 0.0748 e. The molecule has 2 heteroatoms. The minimum absolute atomic E-state index is 0.106. The van der Waals surface area contributed by atoms with Crippen LogP contribution in [-0.2, 0) is 0 Å². The molecule has 0 radical (unpaired) electrons. The highest BCUT2D eigenvalue weighted by Crippen LogP contribution is 2.42. The van der Waals surface area contributed by atoms with Gasteiger partial charge in [0.05, 0.1) is 11.5 Å². The average Bonchev–Trinajstić information content (AvgIpc) is 2.32. The molecule has 0 atom stereocenters. The molecule has 0 unspecified atom stereocenters. The van der Waals surface area contributed by atoms with Crippen LogP contribution in [0.5, 0.6) is 0 Å². The third-order valence-corrected chi connectivity index (χ3v) is 4.80. The SMILES string of the molecule is Cc1cc(C)c(C)c(N(C)CC2(C#N)CCC2)c1C. The van der Waals surface area contributed by atoms with Gasteiger partial charge in [-0.15, -0.1) is 0 Å². The molecule has 102 valence electrons. The quantitative estimate of drug-likeness (QED) is 0.815. The highest BCUT2D eigenvalue weighted by atomic mass is 15.1. The summed E-state index contributed by atoms with van der Waals surface area (Å²) in [4.78, 5) is 2.30. The van der Waals surface area contributed by atoms with Crippen molar-refractivity contribution in [3.8, 4) is 6.07 Å². The average molecular weight is 256 g/mol. The first kappa shape index (κ1) is 13.9. The molecule has 0 amide bonds. The van der Waals surface area contributed by atoms with Crippen LogP contribution in [0.4, 0.5) is 5.69 Å². The molecular formula is C17H24N2. The van der Waals surface area contributed by atoms with Crippen molar-refractivity contribution in [2.24, 2.45) is 5.41 Å². The summed E-state index contributed by atoms with van der Waals surface area (Å²) < 4.78 is 0. The van der Waals surface area contributed by atoms with E-state index in [9.17, 15) is 5.26 Å². The lowest BCUT2D eigenvalue weighted by Crippen LogP contribution is -2.40. The fourth-order valence-corrected chi connectivity index (χ4v) is 3.21. The molecule has 0 saturated heterocycles. The number of hydrogen-bond acceptors (Lipinski definition) is 2. The van der Waals surface area contributed by atoms with Crippen molar-refractivity contribution in [2.75, 3.05) is 18.5 Å². The second-order valence-electron chi connectivity index (χ2n) is 6.21. The third-order valence-electron chi connectivity index (χ3n) is 4.80. The third kappa shape index (κ3) is 2.34. The van der Waals surface area contributed by atoms with Gasteiger partial charge in [0.1, 0.15) is 0 Å². The van der Waals surface area contributed by atoms with Crippen LogP contribution in [0.2, 0.25) is 0 Å². The molecule has 1 aliphatic rings. The monoisotopic (exact) mass is 256 g/mol. The van der Waals surface area contributed by atoms with Crippen molar-refractivity contribution in [1.82, 2.24) is 0 Å². The second-order valence-corrected chi connectivity index (χ2v) is 6.21. The van der Waals surface area contributed by atoms with E-state index < -0.39 is 0 Å². The molecule has 0 aliphatic heterocycles. The highest BCUT2D eigenvalue weighted by Gasteiger charge is 2.38. The van der Waals surface area contributed by atoms with E-state index >= 15 is 0 Å². The van der Waals surface area contributed by atoms with Crippen molar-refractivity contribution in [3.05, 3.63) is 28.3 Å². The van der Waals surface area contributed by atoms with Crippen molar-refractivity contribution in [1.29, 1.82) is 5.26 Å². The smallest absolute Gasteiger partial charge is 0.0748 e. The lowest BCUT2D eigenvalue weighted by molar-refractivity contribution is 0.223. The summed E-state index contributed by atoms with van der Waals surface area (Å²) in [6.07, 6.45) is 3.31. The molecule has 0 spiro atoms. The zero-order chi connectivity index (χ0) is 14.2. The van der Waals surface area contributed by atoms with E-state index in [4.69, 9.17) is 0 Å². The molecule has 0 bridgehead atoms. The van der Waals surface area contributed by atoms with Gasteiger partial charge in [0.2, 0.25) is 0 Å². The highest BCUT2D eigenvalue weighted by molar-refractivity contribution is 5.63. The van der Waals surface area contributed by atoms with Crippen molar-refractivity contribution < 1.29 is 0 Å². The summed E-state index contributed by atoms with van der Waals surface area (Å²) in [6.45, 7) is 9.57. The molecule has 1 saturated carbocycles. The van der Waals surface area contributed by atoms with Gasteiger partial charge in [-0.25, -0.2) is 0 Å². The van der Waals surface area contributed by atoms with Crippen LogP contribution < -0.4 is 4.90 Å². The van der Waals surface area contributed by atoms with E-state index in [1.54, 1.807) is 0 Å². The maximum atomic E-state index is 9.40. The topological polar surface area (TPSA) is 27.0 Å². The Labute approximate surface area is 117 Å². The normalized spacial score (nSPS) is 16.6. The van der Waals surface area contributed by atoms with Crippen LogP contribution >= 0.6 is 0 Å². The molecule has 2 rings (SSSR count). The first-order valence-corrected chi connectivity index (χ1v) is 7.10. The van der Waals surface area contributed by atoms with Gasteiger partial charge in [-0.3, -0.25) is 0 Å².